The van der Waals surface area contributed by atoms with E-state index in [1.165, 1.54) is 11.3 Å². The number of nitrogens with zero attached hydrogens (tertiary/aromatic N) is 1. The largest absolute Gasteiger partial charge is 0.366 e. The molecule has 2 heterocycles. The zero-order valence-corrected chi connectivity index (χ0v) is 13.0. The summed E-state index contributed by atoms with van der Waals surface area (Å²) in [5, 5.41) is 6.37. The third kappa shape index (κ3) is 3.14. The van der Waals surface area contributed by atoms with Gasteiger partial charge in [0.25, 0.3) is 5.91 Å². The molecule has 114 valence electrons. The summed E-state index contributed by atoms with van der Waals surface area (Å²) in [5.74, 6) is -0.0881. The maximum absolute atomic E-state index is 12.1. The third-order valence-electron chi connectivity index (χ3n) is 3.69. The molecule has 7 heteroatoms. The fourth-order valence-corrected chi connectivity index (χ4v) is 3.62. The van der Waals surface area contributed by atoms with E-state index in [1.807, 2.05) is 0 Å². The molecular weight excluding hydrogens is 290 g/mol. The molecule has 2 N–H and O–H groups in total. The Labute approximate surface area is 127 Å². The molecule has 1 amide bonds. The molecule has 1 aliphatic carbocycles. The molecule has 21 heavy (non-hydrogen) atoms. The molecule has 0 spiro atoms. The van der Waals surface area contributed by atoms with Crippen LogP contribution in [0.4, 0.5) is 5.13 Å². The number of Topliss-reactive ketones (excluding diaryl/α,β-unsaturated/α-hetero) is 1. The highest BCUT2D eigenvalue weighted by molar-refractivity contribution is 7.17. The SMILES string of the molecule is CC1(C)CC(=O)c2sc(NC(=O)C3CNCCO3)nc2C1. The molecule has 1 aromatic rings. The van der Waals surface area contributed by atoms with Crippen LogP contribution < -0.4 is 10.6 Å². The lowest BCUT2D eigenvalue weighted by Gasteiger charge is -2.26. The Hall–Kier alpha value is -1.31. The standard InChI is InChI=1S/C14H19N3O3S/c1-14(2)5-8-11(9(18)6-14)21-13(16-8)17-12(19)10-7-15-3-4-20-10/h10,15H,3-7H2,1-2H3,(H,16,17,19). The molecule has 6 nitrogen and oxygen atoms in total. The van der Waals surface area contributed by atoms with Crippen molar-refractivity contribution in [2.75, 3.05) is 25.0 Å². The Morgan fingerprint density at radius 3 is 3.00 bits per heavy atom. The Bertz CT molecular complexity index is 576. The van der Waals surface area contributed by atoms with E-state index in [4.69, 9.17) is 4.74 Å². The maximum atomic E-state index is 12.1. The summed E-state index contributed by atoms with van der Waals surface area (Å²) in [6.45, 7) is 5.92. The summed E-state index contributed by atoms with van der Waals surface area (Å²) in [6.07, 6.45) is 0.805. The van der Waals surface area contributed by atoms with Crippen LogP contribution in [0, 0.1) is 5.41 Å². The molecular formula is C14H19N3O3S. The van der Waals surface area contributed by atoms with Gasteiger partial charge in [0, 0.05) is 19.5 Å². The van der Waals surface area contributed by atoms with E-state index >= 15 is 0 Å². The molecule has 1 fully saturated rings. The van der Waals surface area contributed by atoms with Crippen molar-refractivity contribution < 1.29 is 14.3 Å². The second-order valence-electron chi connectivity index (χ2n) is 6.29. The molecule has 0 bridgehead atoms. The van der Waals surface area contributed by atoms with Gasteiger partial charge in [-0.3, -0.25) is 14.9 Å². The highest BCUT2D eigenvalue weighted by Crippen LogP contribution is 2.38. The van der Waals surface area contributed by atoms with E-state index in [2.05, 4.69) is 29.5 Å². The lowest BCUT2D eigenvalue weighted by atomic mass is 9.78. The minimum atomic E-state index is -0.494. The number of thiazole rings is 1. The number of rotatable bonds is 2. The zero-order valence-electron chi connectivity index (χ0n) is 12.2. The molecule has 1 unspecified atom stereocenters. The van der Waals surface area contributed by atoms with Crippen molar-refractivity contribution in [2.45, 2.75) is 32.8 Å². The highest BCUT2D eigenvalue weighted by Gasteiger charge is 2.34. The van der Waals surface area contributed by atoms with E-state index in [9.17, 15) is 9.59 Å². The third-order valence-corrected chi connectivity index (χ3v) is 4.74. The molecule has 0 saturated carbocycles. The summed E-state index contributed by atoms with van der Waals surface area (Å²) in [7, 11) is 0. The topological polar surface area (TPSA) is 80.3 Å². The maximum Gasteiger partial charge on any atom is 0.256 e. The number of nitrogens with one attached hydrogen (secondary N) is 2. The van der Waals surface area contributed by atoms with E-state index in [0.717, 1.165) is 18.7 Å². The Morgan fingerprint density at radius 2 is 2.29 bits per heavy atom. The second-order valence-corrected chi connectivity index (χ2v) is 7.29. The fourth-order valence-electron chi connectivity index (χ4n) is 2.69. The van der Waals surface area contributed by atoms with Gasteiger partial charge in [-0.15, -0.1) is 0 Å². The molecule has 0 aromatic carbocycles. The summed E-state index contributed by atoms with van der Waals surface area (Å²) >= 11 is 1.27. The predicted molar refractivity (Wildman–Crippen MR) is 79.8 cm³/mol. The van der Waals surface area contributed by atoms with Gasteiger partial charge >= 0.3 is 0 Å². The van der Waals surface area contributed by atoms with E-state index < -0.39 is 6.10 Å². The summed E-state index contributed by atoms with van der Waals surface area (Å²) < 4.78 is 5.40. The average molecular weight is 309 g/mol. The first-order valence-electron chi connectivity index (χ1n) is 7.11. The van der Waals surface area contributed by atoms with Gasteiger partial charge < -0.3 is 10.1 Å². The van der Waals surface area contributed by atoms with Crippen molar-refractivity contribution >= 4 is 28.2 Å². The van der Waals surface area contributed by atoms with Crippen LogP contribution in [-0.2, 0) is 16.0 Å². The van der Waals surface area contributed by atoms with Gasteiger partial charge in [-0.1, -0.05) is 25.2 Å². The molecule has 1 aliphatic heterocycles. The fraction of sp³-hybridized carbons (Fsp3) is 0.643. The highest BCUT2D eigenvalue weighted by atomic mass is 32.1. The number of carbonyl (C=O) groups excluding carboxylic acids is 2. The van der Waals surface area contributed by atoms with Gasteiger partial charge in [-0.05, 0) is 11.8 Å². The van der Waals surface area contributed by atoms with Crippen LogP contribution in [0.3, 0.4) is 0 Å². The number of hydrogen-bond acceptors (Lipinski definition) is 6. The van der Waals surface area contributed by atoms with E-state index in [0.29, 0.717) is 29.6 Å². The number of ketones is 1. The lowest BCUT2D eigenvalue weighted by Crippen LogP contribution is -2.45. The van der Waals surface area contributed by atoms with Crippen LogP contribution in [0.5, 0.6) is 0 Å². The normalized spacial score (nSPS) is 24.5. The van der Waals surface area contributed by atoms with Crippen LogP contribution in [0.2, 0.25) is 0 Å². The number of carbonyl (C=O) groups is 2. The van der Waals surface area contributed by atoms with E-state index in [1.54, 1.807) is 0 Å². The Morgan fingerprint density at radius 1 is 1.48 bits per heavy atom. The minimum Gasteiger partial charge on any atom is -0.366 e. The molecule has 1 atom stereocenters. The second kappa shape index (κ2) is 5.47. The molecule has 0 radical (unpaired) electrons. The van der Waals surface area contributed by atoms with Gasteiger partial charge in [0.1, 0.15) is 6.10 Å². The zero-order chi connectivity index (χ0) is 15.0. The molecule has 1 saturated heterocycles. The number of anilines is 1. The number of amides is 1. The van der Waals surface area contributed by atoms with Gasteiger partial charge in [-0.2, -0.15) is 0 Å². The summed E-state index contributed by atoms with van der Waals surface area (Å²) in [4.78, 5) is 29.3. The van der Waals surface area contributed by atoms with Gasteiger partial charge in [0.2, 0.25) is 0 Å². The lowest BCUT2D eigenvalue weighted by molar-refractivity contribution is -0.128. The van der Waals surface area contributed by atoms with Crippen LogP contribution in [0.1, 0.15) is 35.6 Å². The number of ether oxygens (including phenoxy) is 1. The summed E-state index contributed by atoms with van der Waals surface area (Å²) in [6, 6.07) is 0. The Balaban J connectivity index is 1.73. The Kier molecular flexibility index (Phi) is 3.81. The first-order valence-corrected chi connectivity index (χ1v) is 7.92. The number of hydrogen-bond donors (Lipinski definition) is 2. The molecule has 3 rings (SSSR count). The van der Waals surface area contributed by atoms with E-state index in [-0.39, 0.29) is 17.1 Å². The first-order chi connectivity index (χ1) is 9.94. The van der Waals surface area contributed by atoms with Crippen LogP contribution >= 0.6 is 11.3 Å². The van der Waals surface area contributed by atoms with Gasteiger partial charge in [0.05, 0.1) is 17.2 Å². The van der Waals surface area contributed by atoms with Gasteiger partial charge in [-0.25, -0.2) is 4.98 Å². The monoisotopic (exact) mass is 309 g/mol. The smallest absolute Gasteiger partial charge is 0.256 e. The van der Waals surface area contributed by atoms with Crippen LogP contribution in [0.15, 0.2) is 0 Å². The first kappa shape index (κ1) is 14.6. The van der Waals surface area contributed by atoms with Crippen LogP contribution in [0.25, 0.3) is 0 Å². The van der Waals surface area contributed by atoms with Crippen molar-refractivity contribution in [1.29, 1.82) is 0 Å². The van der Waals surface area contributed by atoms with Crippen molar-refractivity contribution in [1.82, 2.24) is 10.3 Å². The quantitative estimate of drug-likeness (QED) is 0.859. The number of morpholine rings is 1. The van der Waals surface area contributed by atoms with Gasteiger partial charge in [0.15, 0.2) is 10.9 Å². The van der Waals surface area contributed by atoms with Crippen molar-refractivity contribution in [3.63, 3.8) is 0 Å². The summed E-state index contributed by atoms with van der Waals surface area (Å²) in [5.41, 5.74) is 0.745. The average Bonchev–Trinajstić information content (AvgIpc) is 2.81. The van der Waals surface area contributed by atoms with Crippen molar-refractivity contribution in [3.05, 3.63) is 10.6 Å². The van der Waals surface area contributed by atoms with Crippen LogP contribution in [-0.4, -0.2) is 42.5 Å². The number of fused-ring (bicyclic) bond motifs is 1. The van der Waals surface area contributed by atoms with Crippen molar-refractivity contribution in [2.24, 2.45) is 5.41 Å². The predicted octanol–water partition coefficient (Wildman–Crippen LogP) is 1.23. The molecule has 2 aliphatic rings. The minimum absolute atomic E-state index is 0.0597. The van der Waals surface area contributed by atoms with Crippen molar-refractivity contribution in [3.8, 4) is 0 Å². The number of aromatic nitrogens is 1. The molecule has 1 aromatic heterocycles.